The van der Waals surface area contributed by atoms with Crippen molar-refractivity contribution in [1.29, 1.82) is 0 Å². The van der Waals surface area contributed by atoms with E-state index in [1.54, 1.807) is 11.8 Å². The van der Waals surface area contributed by atoms with Gasteiger partial charge in [-0.05, 0) is 71.8 Å². The van der Waals surface area contributed by atoms with Crippen LogP contribution in [0, 0.1) is 0 Å². The number of fused-ring (bicyclic) bond motifs is 2. The summed E-state index contributed by atoms with van der Waals surface area (Å²) in [5.41, 5.74) is 9.75. The molecule has 2 aromatic heterocycles. The molecule has 6 aromatic carbocycles. The number of para-hydroxylation sites is 2. The van der Waals surface area contributed by atoms with Gasteiger partial charge in [0.25, 0.3) is 0 Å². The standard InChI is InChI=1S/C38H18BrN3O4S/c39-23-17-30-34-31(18-23)44-29-14-22(38-41-25-12-20(10-11-27(25)46-38)19-6-2-1-3-7-19)16-33-36(29)42(34)35-28(43-30)13-21(15-32(35)47-33)37-40-24-8-4-5-9-26(24)45-37/h1-18H. The molecule has 3 aliphatic rings. The maximum absolute atomic E-state index is 6.61. The molecule has 5 heterocycles. The van der Waals surface area contributed by atoms with Gasteiger partial charge in [-0.2, -0.15) is 0 Å². The van der Waals surface area contributed by atoms with E-state index in [1.165, 1.54) is 0 Å². The fraction of sp³-hybridized carbons (Fsp3) is 0. The van der Waals surface area contributed by atoms with Gasteiger partial charge in [-0.25, -0.2) is 9.97 Å². The Kier molecular flexibility index (Phi) is 5.07. The minimum atomic E-state index is 0.530. The van der Waals surface area contributed by atoms with Crippen LogP contribution in [0.2, 0.25) is 0 Å². The molecule has 0 atom stereocenters. The van der Waals surface area contributed by atoms with E-state index in [9.17, 15) is 0 Å². The van der Waals surface area contributed by atoms with Crippen LogP contribution in [-0.2, 0) is 0 Å². The van der Waals surface area contributed by atoms with Crippen molar-refractivity contribution in [2.45, 2.75) is 9.79 Å². The van der Waals surface area contributed by atoms with Crippen molar-refractivity contribution in [3.8, 4) is 57.0 Å². The second kappa shape index (κ2) is 9.28. The first-order valence-electron chi connectivity index (χ1n) is 15.0. The zero-order valence-electron chi connectivity index (χ0n) is 24.2. The molecule has 11 rings (SSSR count). The van der Waals surface area contributed by atoms with Gasteiger partial charge in [-0.1, -0.05) is 76.2 Å². The number of hydrogen-bond donors (Lipinski definition) is 0. The van der Waals surface area contributed by atoms with Gasteiger partial charge in [-0.3, -0.25) is 4.90 Å². The van der Waals surface area contributed by atoms with Gasteiger partial charge >= 0.3 is 0 Å². The van der Waals surface area contributed by atoms with E-state index in [-0.39, 0.29) is 0 Å². The van der Waals surface area contributed by atoms with Crippen LogP contribution >= 0.6 is 27.7 Å². The molecule has 0 radical (unpaired) electrons. The number of anilines is 3. The smallest absolute Gasteiger partial charge is 0.227 e. The van der Waals surface area contributed by atoms with E-state index in [1.807, 2.05) is 72.8 Å². The lowest BCUT2D eigenvalue weighted by atomic mass is 10.0. The Bertz CT molecular complexity index is 2620. The minimum Gasteiger partial charge on any atom is -0.453 e. The SMILES string of the molecule is Brc1cc2c3c(c1)Oc1cc(-c4nc5cc(-c6ccccc6)ccc5o4)cc4c1N3c1c(cc(-c3nc5ccccc5o3)cc1S4)O2. The zero-order valence-corrected chi connectivity index (χ0v) is 26.6. The van der Waals surface area contributed by atoms with Crippen molar-refractivity contribution in [3.05, 3.63) is 114 Å². The van der Waals surface area contributed by atoms with Crippen LogP contribution in [0.4, 0.5) is 17.1 Å². The molecule has 47 heavy (non-hydrogen) atoms. The summed E-state index contributed by atoms with van der Waals surface area (Å²) in [5.74, 6) is 3.90. The average molecular weight is 693 g/mol. The van der Waals surface area contributed by atoms with Gasteiger partial charge in [0.15, 0.2) is 34.2 Å². The number of aromatic nitrogens is 2. The van der Waals surface area contributed by atoms with Crippen molar-refractivity contribution in [2.24, 2.45) is 0 Å². The number of hydrogen-bond acceptors (Lipinski definition) is 8. The summed E-state index contributed by atoms with van der Waals surface area (Å²) in [6.45, 7) is 0. The Hall–Kier alpha value is -5.51. The van der Waals surface area contributed by atoms with Crippen molar-refractivity contribution < 1.29 is 18.3 Å². The van der Waals surface area contributed by atoms with Gasteiger partial charge in [0, 0.05) is 25.4 Å². The highest BCUT2D eigenvalue weighted by atomic mass is 79.9. The van der Waals surface area contributed by atoms with Crippen LogP contribution in [-0.4, -0.2) is 9.97 Å². The highest BCUT2D eigenvalue weighted by molar-refractivity contribution is 9.10. The van der Waals surface area contributed by atoms with Crippen LogP contribution in [0.1, 0.15) is 0 Å². The van der Waals surface area contributed by atoms with Crippen LogP contribution < -0.4 is 14.4 Å². The van der Waals surface area contributed by atoms with Crippen molar-refractivity contribution >= 4 is 67.0 Å². The fourth-order valence-corrected chi connectivity index (χ4v) is 8.24. The zero-order chi connectivity index (χ0) is 30.8. The molecule has 0 N–H and O–H groups in total. The molecule has 8 aromatic rings. The monoisotopic (exact) mass is 691 g/mol. The molecule has 0 bridgehead atoms. The maximum Gasteiger partial charge on any atom is 0.227 e. The molecule has 0 aliphatic carbocycles. The Labute approximate surface area is 279 Å². The van der Waals surface area contributed by atoms with Crippen LogP contribution in [0.5, 0.6) is 23.0 Å². The molecule has 0 spiro atoms. The molecule has 0 fully saturated rings. The normalized spacial score (nSPS) is 13.4. The Morgan fingerprint density at radius 2 is 1.11 bits per heavy atom. The number of benzene rings is 6. The second-order valence-corrected chi connectivity index (χ2v) is 13.6. The van der Waals surface area contributed by atoms with Gasteiger partial charge in [0.2, 0.25) is 11.8 Å². The molecule has 0 unspecified atom stereocenters. The predicted octanol–water partition coefficient (Wildman–Crippen LogP) is 11.9. The lowest BCUT2D eigenvalue weighted by molar-refractivity contribution is 0.442. The van der Waals surface area contributed by atoms with Crippen molar-refractivity contribution in [2.75, 3.05) is 4.90 Å². The highest BCUT2D eigenvalue weighted by Gasteiger charge is 2.42. The first kappa shape index (κ1) is 25.7. The van der Waals surface area contributed by atoms with Crippen LogP contribution in [0.15, 0.2) is 132 Å². The number of ether oxygens (including phenoxy) is 2. The summed E-state index contributed by atoms with van der Waals surface area (Å²) < 4.78 is 26.6. The number of rotatable bonds is 3. The topological polar surface area (TPSA) is 73.8 Å². The summed E-state index contributed by atoms with van der Waals surface area (Å²) >= 11 is 5.32. The summed E-state index contributed by atoms with van der Waals surface area (Å²) in [5, 5.41) is 0. The van der Waals surface area contributed by atoms with Crippen molar-refractivity contribution in [1.82, 2.24) is 9.97 Å². The molecule has 222 valence electrons. The number of oxazole rings is 2. The number of halogens is 1. The molecule has 0 saturated heterocycles. The highest BCUT2D eigenvalue weighted by Crippen LogP contribution is 2.67. The average Bonchev–Trinajstić information content (AvgIpc) is 3.72. The van der Waals surface area contributed by atoms with E-state index >= 15 is 0 Å². The predicted molar refractivity (Wildman–Crippen MR) is 185 cm³/mol. The van der Waals surface area contributed by atoms with E-state index in [0.717, 1.165) is 87.3 Å². The first-order chi connectivity index (χ1) is 23.1. The molecule has 7 nitrogen and oxygen atoms in total. The summed E-state index contributed by atoms with van der Waals surface area (Å²) in [4.78, 5) is 14.0. The summed E-state index contributed by atoms with van der Waals surface area (Å²) in [6, 6.07) is 36.4. The van der Waals surface area contributed by atoms with Crippen LogP contribution in [0.3, 0.4) is 0 Å². The lowest BCUT2D eigenvalue weighted by Crippen LogP contribution is -2.23. The third kappa shape index (κ3) is 3.75. The summed E-state index contributed by atoms with van der Waals surface area (Å²) in [7, 11) is 0. The van der Waals surface area contributed by atoms with Gasteiger partial charge in [0.05, 0.1) is 0 Å². The molecule has 0 saturated carbocycles. The molecule has 0 amide bonds. The lowest BCUT2D eigenvalue weighted by Gasteiger charge is -2.42. The minimum absolute atomic E-state index is 0.530. The molecular formula is C38H18BrN3O4S. The quantitative estimate of drug-likeness (QED) is 0.181. The van der Waals surface area contributed by atoms with Gasteiger partial charge < -0.3 is 18.3 Å². The maximum atomic E-state index is 6.61. The first-order valence-corrected chi connectivity index (χ1v) is 16.6. The molecule has 9 heteroatoms. The largest absolute Gasteiger partial charge is 0.453 e. The van der Waals surface area contributed by atoms with E-state index in [0.29, 0.717) is 23.3 Å². The van der Waals surface area contributed by atoms with E-state index in [2.05, 4.69) is 57.2 Å². The third-order valence-corrected chi connectivity index (χ3v) is 10.2. The second-order valence-electron chi connectivity index (χ2n) is 11.6. The van der Waals surface area contributed by atoms with Gasteiger partial charge in [0.1, 0.15) is 28.1 Å². The van der Waals surface area contributed by atoms with Gasteiger partial charge in [-0.15, -0.1) is 0 Å². The summed E-state index contributed by atoms with van der Waals surface area (Å²) in [6.07, 6.45) is 0. The molecule has 3 aliphatic heterocycles. The van der Waals surface area contributed by atoms with E-state index in [4.69, 9.17) is 28.3 Å². The van der Waals surface area contributed by atoms with Crippen LogP contribution in [0.25, 0.3) is 56.2 Å². The Morgan fingerprint density at radius 3 is 1.79 bits per heavy atom. The Morgan fingerprint density at radius 1 is 0.511 bits per heavy atom. The Balaban J connectivity index is 1.09. The molecular weight excluding hydrogens is 674 g/mol. The number of nitrogens with zero attached hydrogens (tertiary/aromatic N) is 3. The third-order valence-electron chi connectivity index (χ3n) is 8.70. The fourth-order valence-electron chi connectivity index (χ4n) is 6.64. The van der Waals surface area contributed by atoms with Crippen molar-refractivity contribution in [3.63, 3.8) is 0 Å². The van der Waals surface area contributed by atoms with E-state index < -0.39 is 0 Å².